The summed E-state index contributed by atoms with van der Waals surface area (Å²) in [6.45, 7) is 10.7. The summed E-state index contributed by atoms with van der Waals surface area (Å²) in [7, 11) is 0. The molecule has 0 saturated carbocycles. The maximum absolute atomic E-state index is 6.72. The van der Waals surface area contributed by atoms with Crippen LogP contribution in [0.1, 0.15) is 51.3 Å². The van der Waals surface area contributed by atoms with E-state index < -0.39 is 66.9 Å². The van der Waals surface area contributed by atoms with Crippen molar-refractivity contribution < 1.29 is 47.4 Å². The lowest BCUT2D eigenvalue weighted by atomic mass is 9.98. The van der Waals surface area contributed by atoms with Gasteiger partial charge in [0.1, 0.15) is 42.7 Å². The van der Waals surface area contributed by atoms with Crippen molar-refractivity contribution in [1.29, 1.82) is 0 Å². The second kappa shape index (κ2) is 14.9. The van der Waals surface area contributed by atoms with Crippen LogP contribution in [0.2, 0.25) is 0 Å². The van der Waals surface area contributed by atoms with Gasteiger partial charge in [-0.2, -0.15) is 0 Å². The van der Waals surface area contributed by atoms with E-state index >= 15 is 0 Å². The molecule has 4 heterocycles. The molecule has 4 aliphatic rings. The van der Waals surface area contributed by atoms with Crippen LogP contribution in [0.15, 0.2) is 91.0 Å². The summed E-state index contributed by atoms with van der Waals surface area (Å²) in [6, 6.07) is 30.2. The van der Waals surface area contributed by atoms with Gasteiger partial charge in [-0.15, -0.1) is 0 Å². The topological polar surface area (TPSA) is 92.3 Å². The highest BCUT2D eigenvalue weighted by Gasteiger charge is 2.61. The molecule has 7 rings (SSSR count). The van der Waals surface area contributed by atoms with E-state index in [9.17, 15) is 0 Å². The highest BCUT2D eigenvalue weighted by Crippen LogP contribution is 2.44. The Kier molecular flexibility index (Phi) is 10.5. The Balaban J connectivity index is 1.13. The molecule has 0 unspecified atom stereocenters. The SMILES string of the molecule is C[C@@H]1O[C@@H](OC[C@H]2O[C@@H]3OC(C)(C)O[C@@H]3[C@H]3OC(C)(C)O[C@H]32)[C@@H](OCc2ccccc2)[C@H](OCc2ccccc2)[C@@H]1OCc1ccccc1. The molecule has 4 aliphatic heterocycles. The molecule has 0 N–H and O–H groups in total. The third-order valence-corrected chi connectivity index (χ3v) is 9.26. The van der Waals surface area contributed by atoms with Crippen LogP contribution in [-0.2, 0) is 67.2 Å². The Morgan fingerprint density at radius 1 is 0.510 bits per heavy atom. The van der Waals surface area contributed by atoms with E-state index in [-0.39, 0.29) is 12.7 Å². The molecule has 3 aromatic carbocycles. The van der Waals surface area contributed by atoms with Crippen LogP contribution in [0, 0.1) is 0 Å². The van der Waals surface area contributed by atoms with Gasteiger partial charge in [0.2, 0.25) is 0 Å². The maximum Gasteiger partial charge on any atom is 0.190 e. The van der Waals surface area contributed by atoms with Gasteiger partial charge in [0.15, 0.2) is 24.2 Å². The Bertz CT molecular complexity index is 1470. The molecular formula is C39H48O10. The number of ether oxygens (including phenoxy) is 10. The van der Waals surface area contributed by atoms with Crippen molar-refractivity contribution in [3.63, 3.8) is 0 Å². The molecule has 0 aromatic heterocycles. The summed E-state index contributed by atoms with van der Waals surface area (Å²) in [5.74, 6) is -1.64. The molecule has 3 aromatic rings. The zero-order chi connectivity index (χ0) is 34.0. The number of benzene rings is 3. The summed E-state index contributed by atoms with van der Waals surface area (Å²) in [5.41, 5.74) is 3.12. The molecule has 10 atom stereocenters. The average molecular weight is 677 g/mol. The first-order valence-electron chi connectivity index (χ1n) is 17.2. The normalized spacial score (nSPS) is 34.7. The minimum Gasteiger partial charge on any atom is -0.368 e. The van der Waals surface area contributed by atoms with Crippen molar-refractivity contribution in [2.75, 3.05) is 6.61 Å². The van der Waals surface area contributed by atoms with Crippen molar-refractivity contribution in [1.82, 2.24) is 0 Å². The van der Waals surface area contributed by atoms with E-state index in [1.165, 1.54) is 0 Å². The van der Waals surface area contributed by atoms with Gasteiger partial charge in [0.05, 0.1) is 32.5 Å². The van der Waals surface area contributed by atoms with Crippen molar-refractivity contribution in [3.05, 3.63) is 108 Å². The first kappa shape index (κ1) is 34.7. The van der Waals surface area contributed by atoms with Gasteiger partial charge >= 0.3 is 0 Å². The van der Waals surface area contributed by atoms with Gasteiger partial charge in [-0.05, 0) is 51.3 Å². The lowest BCUT2D eigenvalue weighted by Gasteiger charge is -2.45. The molecule has 0 amide bonds. The average Bonchev–Trinajstić information content (AvgIpc) is 3.60. The largest absolute Gasteiger partial charge is 0.368 e. The zero-order valence-electron chi connectivity index (χ0n) is 28.8. The predicted molar refractivity (Wildman–Crippen MR) is 178 cm³/mol. The standard InChI is InChI=1S/C39H48O10/c1-25-30(40-21-26-15-9-6-10-16-26)32(41-22-27-17-11-7-12-18-27)34(42-23-28-19-13-8-14-20-28)36(44-25)43-24-29-31-33(47-38(2,3)46-31)35-37(45-29)49-39(4,5)48-35/h6-20,25,29-37H,21-24H2,1-5H3/t25-,29+,30+,31-,32+,33-,34-,35+,36+,37+/m0/s1. The smallest absolute Gasteiger partial charge is 0.190 e. The number of rotatable bonds is 12. The van der Waals surface area contributed by atoms with Crippen LogP contribution in [0.4, 0.5) is 0 Å². The molecule has 0 spiro atoms. The van der Waals surface area contributed by atoms with Crippen LogP contribution < -0.4 is 0 Å². The molecule has 0 radical (unpaired) electrons. The van der Waals surface area contributed by atoms with E-state index in [1.54, 1.807) is 0 Å². The fourth-order valence-electron chi connectivity index (χ4n) is 7.02. The Hall–Kier alpha value is -2.74. The van der Waals surface area contributed by atoms with E-state index in [1.807, 2.05) is 126 Å². The van der Waals surface area contributed by atoms with Gasteiger partial charge in [-0.25, -0.2) is 0 Å². The molecule has 4 fully saturated rings. The number of hydrogen-bond donors (Lipinski definition) is 0. The van der Waals surface area contributed by atoms with Crippen molar-refractivity contribution >= 4 is 0 Å². The van der Waals surface area contributed by atoms with Gasteiger partial charge < -0.3 is 47.4 Å². The van der Waals surface area contributed by atoms with Crippen molar-refractivity contribution in [2.45, 2.75) is 127 Å². The first-order valence-corrected chi connectivity index (χ1v) is 17.2. The second-order valence-corrected chi connectivity index (χ2v) is 14.0. The van der Waals surface area contributed by atoms with Crippen LogP contribution in [0.3, 0.4) is 0 Å². The van der Waals surface area contributed by atoms with Gasteiger partial charge in [-0.3, -0.25) is 0 Å². The quantitative estimate of drug-likeness (QED) is 0.231. The fourth-order valence-corrected chi connectivity index (χ4v) is 7.02. The lowest BCUT2D eigenvalue weighted by molar-refractivity contribution is -0.330. The second-order valence-electron chi connectivity index (χ2n) is 14.0. The lowest BCUT2D eigenvalue weighted by Crippen LogP contribution is -2.61. The zero-order valence-corrected chi connectivity index (χ0v) is 28.8. The number of fused-ring (bicyclic) bond motifs is 3. The summed E-state index contributed by atoms with van der Waals surface area (Å²) in [6.07, 6.45) is -5.20. The Labute approximate surface area is 288 Å². The molecule has 0 aliphatic carbocycles. The van der Waals surface area contributed by atoms with E-state index in [0.717, 1.165) is 16.7 Å². The van der Waals surface area contributed by atoms with Crippen LogP contribution in [-0.4, -0.2) is 79.6 Å². The van der Waals surface area contributed by atoms with Gasteiger partial charge in [-0.1, -0.05) is 91.0 Å². The van der Waals surface area contributed by atoms with Crippen LogP contribution >= 0.6 is 0 Å². The summed E-state index contributed by atoms with van der Waals surface area (Å²) < 4.78 is 64.6. The van der Waals surface area contributed by atoms with Gasteiger partial charge in [0.25, 0.3) is 0 Å². The summed E-state index contributed by atoms with van der Waals surface area (Å²) in [4.78, 5) is 0. The molecule has 10 heteroatoms. The highest BCUT2D eigenvalue weighted by atomic mass is 16.9. The molecule has 49 heavy (non-hydrogen) atoms. The summed E-state index contributed by atoms with van der Waals surface area (Å²) in [5, 5.41) is 0. The molecule has 264 valence electrons. The van der Waals surface area contributed by atoms with E-state index in [0.29, 0.717) is 19.8 Å². The molecule has 10 nitrogen and oxygen atoms in total. The Morgan fingerprint density at radius 3 is 1.55 bits per heavy atom. The van der Waals surface area contributed by atoms with Crippen LogP contribution in [0.25, 0.3) is 0 Å². The molecule has 4 saturated heterocycles. The van der Waals surface area contributed by atoms with Crippen molar-refractivity contribution in [3.8, 4) is 0 Å². The minimum absolute atomic E-state index is 0.136. The van der Waals surface area contributed by atoms with Gasteiger partial charge in [0, 0.05) is 0 Å². The third-order valence-electron chi connectivity index (χ3n) is 9.26. The monoisotopic (exact) mass is 676 g/mol. The minimum atomic E-state index is -0.821. The molecular weight excluding hydrogens is 628 g/mol. The number of hydrogen-bond acceptors (Lipinski definition) is 10. The third kappa shape index (κ3) is 8.26. The summed E-state index contributed by atoms with van der Waals surface area (Å²) >= 11 is 0. The van der Waals surface area contributed by atoms with E-state index in [2.05, 4.69) is 0 Å². The maximum atomic E-state index is 6.72. The first-order chi connectivity index (χ1) is 23.6. The van der Waals surface area contributed by atoms with Crippen molar-refractivity contribution in [2.24, 2.45) is 0 Å². The highest BCUT2D eigenvalue weighted by molar-refractivity contribution is 5.16. The van der Waals surface area contributed by atoms with E-state index in [4.69, 9.17) is 47.4 Å². The fraction of sp³-hybridized carbons (Fsp3) is 0.538. The van der Waals surface area contributed by atoms with Crippen LogP contribution in [0.5, 0.6) is 0 Å². The Morgan fingerprint density at radius 2 is 0.980 bits per heavy atom. The predicted octanol–water partition coefficient (Wildman–Crippen LogP) is 5.90. The molecule has 0 bridgehead atoms.